The minimum Gasteiger partial charge on any atom is -0.369 e. The molecule has 202 valence electrons. The van der Waals surface area contributed by atoms with E-state index in [1.165, 1.54) is 30.3 Å². The van der Waals surface area contributed by atoms with Crippen molar-refractivity contribution in [3.05, 3.63) is 63.9 Å². The van der Waals surface area contributed by atoms with Crippen LogP contribution in [0.4, 0.5) is 5.69 Å². The van der Waals surface area contributed by atoms with E-state index in [9.17, 15) is 9.59 Å². The van der Waals surface area contributed by atoms with Gasteiger partial charge in [0.1, 0.15) is 0 Å². The number of hydrogen-bond donors (Lipinski definition) is 0. The summed E-state index contributed by atoms with van der Waals surface area (Å²) < 4.78 is 1.78. The van der Waals surface area contributed by atoms with E-state index >= 15 is 0 Å². The van der Waals surface area contributed by atoms with E-state index in [2.05, 4.69) is 15.9 Å². The maximum absolute atomic E-state index is 13.4. The second-order valence-corrected chi connectivity index (χ2v) is 11.5. The molecule has 38 heavy (non-hydrogen) atoms. The molecule has 0 unspecified atom stereocenters. The summed E-state index contributed by atoms with van der Waals surface area (Å²) in [7, 11) is 0. The normalized spacial score (nSPS) is 17.1. The summed E-state index contributed by atoms with van der Waals surface area (Å²) in [6.45, 7) is 7.04. The molecule has 0 spiro atoms. The van der Waals surface area contributed by atoms with E-state index in [-0.39, 0.29) is 11.5 Å². The van der Waals surface area contributed by atoms with Crippen LogP contribution < -0.4 is 10.5 Å². The number of carbonyl (C=O) groups excluding carboxylic acids is 1. The second-order valence-electron chi connectivity index (χ2n) is 10.1. The van der Waals surface area contributed by atoms with E-state index in [0.29, 0.717) is 28.4 Å². The third-order valence-corrected chi connectivity index (χ3v) is 8.71. The zero-order valence-electron chi connectivity index (χ0n) is 21.9. The number of para-hydroxylation sites is 1. The maximum atomic E-state index is 13.4. The lowest BCUT2D eigenvalue weighted by atomic mass is 10.2. The third-order valence-electron chi connectivity index (χ3n) is 7.51. The summed E-state index contributed by atoms with van der Waals surface area (Å²) in [5, 5.41) is 2.04. The summed E-state index contributed by atoms with van der Waals surface area (Å²) in [5.74, 6) is 0.458. The van der Waals surface area contributed by atoms with Crippen LogP contribution in [0, 0.1) is 0 Å². The molecule has 1 amide bonds. The molecular formula is C29H36ClN5O2S. The van der Waals surface area contributed by atoms with Crippen LogP contribution in [0.5, 0.6) is 0 Å². The number of carbonyl (C=O) groups is 1. The molecule has 5 rings (SSSR count). The first-order chi connectivity index (χ1) is 18.6. The molecule has 2 aliphatic rings. The van der Waals surface area contributed by atoms with Crippen LogP contribution in [0.15, 0.2) is 58.5 Å². The average Bonchev–Trinajstić information content (AvgIpc) is 3.23. The number of nitrogens with zero attached hydrogens (tertiary/aromatic N) is 5. The number of halogens is 1. The lowest BCUT2D eigenvalue weighted by Gasteiger charge is -2.36. The monoisotopic (exact) mass is 553 g/mol. The summed E-state index contributed by atoms with van der Waals surface area (Å²) in [5.41, 5.74) is 1.84. The van der Waals surface area contributed by atoms with Gasteiger partial charge in [0, 0.05) is 56.5 Å². The van der Waals surface area contributed by atoms with Crippen LogP contribution in [-0.4, -0.2) is 76.8 Å². The largest absolute Gasteiger partial charge is 0.369 e. The first-order valence-corrected chi connectivity index (χ1v) is 15.1. The van der Waals surface area contributed by atoms with Gasteiger partial charge < -0.3 is 9.80 Å². The fraction of sp³-hybridized carbons (Fsp3) is 0.483. The van der Waals surface area contributed by atoms with Crippen molar-refractivity contribution in [3.8, 4) is 0 Å². The molecule has 2 saturated heterocycles. The van der Waals surface area contributed by atoms with Crippen molar-refractivity contribution in [2.75, 3.05) is 56.5 Å². The van der Waals surface area contributed by atoms with Gasteiger partial charge in [-0.15, -0.1) is 0 Å². The van der Waals surface area contributed by atoms with Gasteiger partial charge in [-0.2, -0.15) is 0 Å². The molecule has 0 aliphatic carbocycles. The lowest BCUT2D eigenvalue weighted by Crippen LogP contribution is -2.46. The zero-order chi connectivity index (χ0) is 26.3. The molecule has 3 heterocycles. The van der Waals surface area contributed by atoms with Gasteiger partial charge in [-0.25, -0.2) is 4.98 Å². The van der Waals surface area contributed by atoms with Gasteiger partial charge in [-0.3, -0.25) is 19.1 Å². The van der Waals surface area contributed by atoms with Crippen LogP contribution in [-0.2, 0) is 11.3 Å². The highest BCUT2D eigenvalue weighted by Gasteiger charge is 2.20. The van der Waals surface area contributed by atoms with Crippen molar-refractivity contribution in [2.24, 2.45) is 0 Å². The number of amides is 1. The molecule has 9 heteroatoms. The van der Waals surface area contributed by atoms with Crippen molar-refractivity contribution in [2.45, 2.75) is 43.8 Å². The Morgan fingerprint density at radius 3 is 2.42 bits per heavy atom. The molecule has 0 atom stereocenters. The Kier molecular flexibility index (Phi) is 9.25. The SMILES string of the molecule is O=C(CSc1nc2ccccc2c(=O)n1CCCN1CCN(c2cccc(Cl)c2)CC1)N1CCCCCC1. The Balaban J connectivity index is 1.21. The van der Waals surface area contributed by atoms with Crippen LogP contribution >= 0.6 is 23.4 Å². The highest BCUT2D eigenvalue weighted by Crippen LogP contribution is 2.22. The summed E-state index contributed by atoms with van der Waals surface area (Å²) in [6.07, 6.45) is 5.38. The van der Waals surface area contributed by atoms with E-state index in [0.717, 1.165) is 70.1 Å². The quantitative estimate of drug-likeness (QED) is 0.296. The number of fused-ring (bicyclic) bond motifs is 1. The van der Waals surface area contributed by atoms with Gasteiger partial charge in [-0.05, 0) is 56.1 Å². The Hall–Kier alpha value is -2.55. The van der Waals surface area contributed by atoms with E-state index in [4.69, 9.17) is 16.6 Å². The van der Waals surface area contributed by atoms with Gasteiger partial charge >= 0.3 is 0 Å². The maximum Gasteiger partial charge on any atom is 0.262 e. The highest BCUT2D eigenvalue weighted by molar-refractivity contribution is 7.99. The smallest absolute Gasteiger partial charge is 0.262 e. The van der Waals surface area contributed by atoms with E-state index in [1.807, 2.05) is 47.4 Å². The molecule has 1 aromatic heterocycles. The summed E-state index contributed by atoms with van der Waals surface area (Å²) >= 11 is 7.57. The van der Waals surface area contributed by atoms with Gasteiger partial charge in [0.15, 0.2) is 5.16 Å². The third kappa shape index (κ3) is 6.71. The van der Waals surface area contributed by atoms with Gasteiger partial charge in [0.2, 0.25) is 5.91 Å². The predicted molar refractivity (Wildman–Crippen MR) is 156 cm³/mol. The zero-order valence-corrected chi connectivity index (χ0v) is 23.4. The van der Waals surface area contributed by atoms with E-state index < -0.39 is 0 Å². The van der Waals surface area contributed by atoms with Crippen molar-refractivity contribution < 1.29 is 4.79 Å². The highest BCUT2D eigenvalue weighted by atomic mass is 35.5. The fourth-order valence-electron chi connectivity index (χ4n) is 5.35. The summed E-state index contributed by atoms with van der Waals surface area (Å²) in [6, 6.07) is 15.5. The Bertz CT molecular complexity index is 1300. The molecular weight excluding hydrogens is 518 g/mol. The topological polar surface area (TPSA) is 61.7 Å². The minimum absolute atomic E-state index is 0.0221. The first-order valence-electron chi connectivity index (χ1n) is 13.7. The number of aromatic nitrogens is 2. The lowest BCUT2D eigenvalue weighted by molar-refractivity contribution is -0.128. The van der Waals surface area contributed by atoms with Crippen molar-refractivity contribution >= 4 is 45.9 Å². The number of thioether (sulfide) groups is 1. The van der Waals surface area contributed by atoms with E-state index in [1.54, 1.807) is 4.57 Å². The number of likely N-dealkylation sites (tertiary alicyclic amines) is 1. The first kappa shape index (κ1) is 27.0. The standard InChI is InChI=1S/C29H36ClN5O2S/c30-23-9-7-10-24(21-23)33-19-17-32(18-20-33)13-8-16-35-28(37)25-11-3-4-12-26(25)31-29(35)38-22-27(36)34-14-5-1-2-6-15-34/h3-4,7,9-12,21H,1-2,5-6,8,13-20,22H2. The van der Waals surface area contributed by atoms with Gasteiger partial charge in [-0.1, -0.05) is 54.4 Å². The summed E-state index contributed by atoms with van der Waals surface area (Å²) in [4.78, 5) is 38.0. The fourth-order valence-corrected chi connectivity index (χ4v) is 6.46. The van der Waals surface area contributed by atoms with Crippen molar-refractivity contribution in [1.29, 1.82) is 0 Å². The second kappa shape index (κ2) is 13.0. The Labute approximate surface area is 233 Å². The molecule has 0 bridgehead atoms. The van der Waals surface area contributed by atoms with Crippen LogP contribution in [0.1, 0.15) is 32.1 Å². The van der Waals surface area contributed by atoms with Crippen molar-refractivity contribution in [1.82, 2.24) is 19.4 Å². The molecule has 7 nitrogen and oxygen atoms in total. The Morgan fingerprint density at radius 1 is 0.895 bits per heavy atom. The Morgan fingerprint density at radius 2 is 1.66 bits per heavy atom. The molecule has 2 aromatic carbocycles. The molecule has 3 aromatic rings. The molecule has 0 saturated carbocycles. The average molecular weight is 554 g/mol. The molecule has 0 N–H and O–H groups in total. The van der Waals surface area contributed by atoms with Crippen LogP contribution in [0.3, 0.4) is 0 Å². The van der Waals surface area contributed by atoms with Crippen LogP contribution in [0.2, 0.25) is 5.02 Å². The number of benzene rings is 2. The number of anilines is 1. The van der Waals surface area contributed by atoms with Crippen molar-refractivity contribution in [3.63, 3.8) is 0 Å². The molecule has 0 radical (unpaired) electrons. The van der Waals surface area contributed by atoms with Gasteiger partial charge in [0.05, 0.1) is 16.7 Å². The predicted octanol–water partition coefficient (Wildman–Crippen LogP) is 4.76. The molecule has 2 fully saturated rings. The minimum atomic E-state index is -0.0221. The van der Waals surface area contributed by atoms with Gasteiger partial charge in [0.25, 0.3) is 5.56 Å². The number of hydrogen-bond acceptors (Lipinski definition) is 6. The molecule has 2 aliphatic heterocycles. The number of rotatable bonds is 8. The number of piperazine rings is 1. The van der Waals surface area contributed by atoms with Crippen LogP contribution in [0.25, 0.3) is 10.9 Å².